The molecule has 0 aromatic carbocycles. The van der Waals surface area contributed by atoms with Gasteiger partial charge >= 0.3 is 5.97 Å². The molecule has 0 amide bonds. The van der Waals surface area contributed by atoms with Crippen molar-refractivity contribution in [3.63, 3.8) is 0 Å². The van der Waals surface area contributed by atoms with E-state index in [2.05, 4.69) is 32.9 Å². The second-order valence-electron chi connectivity index (χ2n) is 10.5. The van der Waals surface area contributed by atoms with E-state index >= 15 is 0 Å². The maximum absolute atomic E-state index is 11.9. The van der Waals surface area contributed by atoms with Crippen molar-refractivity contribution >= 4 is 5.97 Å². The van der Waals surface area contributed by atoms with E-state index in [4.69, 9.17) is 9.47 Å². The van der Waals surface area contributed by atoms with Crippen molar-refractivity contribution in [2.45, 2.75) is 77.6 Å². The van der Waals surface area contributed by atoms with Gasteiger partial charge in [-0.25, -0.2) is 0 Å². The van der Waals surface area contributed by atoms with Gasteiger partial charge in [-0.1, -0.05) is 44.1 Å². The zero-order chi connectivity index (χ0) is 19.8. The number of ether oxygens (including phenoxy) is 2. The first-order valence-electron chi connectivity index (χ1n) is 11.1. The smallest absolute Gasteiger partial charge is 0.305 e. The van der Waals surface area contributed by atoms with Gasteiger partial charge in [0.25, 0.3) is 0 Å². The zero-order valence-electron chi connectivity index (χ0n) is 17.6. The zero-order valence-corrected chi connectivity index (χ0v) is 17.6. The van der Waals surface area contributed by atoms with Gasteiger partial charge in [-0.15, -0.1) is 0 Å². The van der Waals surface area contributed by atoms with Gasteiger partial charge < -0.3 is 14.6 Å². The molecule has 5 rings (SSSR count). The normalized spacial score (nSPS) is 49.6. The Kier molecular flexibility index (Phi) is 4.17. The van der Waals surface area contributed by atoms with Crippen molar-refractivity contribution < 1.29 is 19.4 Å². The highest BCUT2D eigenvalue weighted by atomic mass is 16.6. The summed E-state index contributed by atoms with van der Waals surface area (Å²) in [6, 6.07) is 0. The van der Waals surface area contributed by atoms with Crippen molar-refractivity contribution in [3.8, 4) is 0 Å². The molecule has 28 heavy (non-hydrogen) atoms. The molecule has 1 N–H and O–H groups in total. The quantitative estimate of drug-likeness (QED) is 0.588. The molecule has 1 heterocycles. The van der Waals surface area contributed by atoms with Crippen LogP contribution < -0.4 is 0 Å². The van der Waals surface area contributed by atoms with E-state index in [0.29, 0.717) is 30.1 Å². The Morgan fingerprint density at radius 3 is 2.82 bits per heavy atom. The van der Waals surface area contributed by atoms with Crippen LogP contribution in [0.3, 0.4) is 0 Å². The predicted octanol–water partition coefficient (Wildman–Crippen LogP) is 4.03. The molecule has 1 aliphatic heterocycles. The molecule has 0 aromatic heterocycles. The van der Waals surface area contributed by atoms with Crippen LogP contribution in [0.5, 0.6) is 0 Å². The minimum atomic E-state index is -0.330. The lowest BCUT2D eigenvalue weighted by atomic mass is 9.50. The predicted molar refractivity (Wildman–Crippen MR) is 106 cm³/mol. The van der Waals surface area contributed by atoms with Gasteiger partial charge in [-0.2, -0.15) is 0 Å². The van der Waals surface area contributed by atoms with Crippen LogP contribution in [-0.2, 0) is 14.3 Å². The molecular formula is C24H34O4. The summed E-state index contributed by atoms with van der Waals surface area (Å²) in [7, 11) is 1.49. The molecule has 4 aliphatic carbocycles. The number of aliphatic hydroxyl groups is 1. The van der Waals surface area contributed by atoms with E-state index in [9.17, 15) is 9.90 Å². The van der Waals surface area contributed by atoms with E-state index in [1.54, 1.807) is 5.57 Å². The lowest BCUT2D eigenvalue weighted by molar-refractivity contribution is -0.142. The van der Waals surface area contributed by atoms with Crippen molar-refractivity contribution in [2.75, 3.05) is 7.11 Å². The summed E-state index contributed by atoms with van der Waals surface area (Å²) in [5.41, 5.74) is 3.35. The van der Waals surface area contributed by atoms with Crippen molar-refractivity contribution in [1.82, 2.24) is 0 Å². The first-order valence-corrected chi connectivity index (χ1v) is 11.1. The SMILES string of the molecule is COC(=O)C[C@@H](C)[C@H]1CC[C@H]2C3=CC=C4C[C@@H](O)[C@@H]5O[C@@H]5[C@]4(C)C3CC[C@]12C. The van der Waals surface area contributed by atoms with Crippen LogP contribution in [0.15, 0.2) is 23.3 Å². The third-order valence-electron chi connectivity index (χ3n) is 9.41. The lowest BCUT2D eigenvalue weighted by Crippen LogP contribution is -2.49. The standard InChI is InChI=1S/C24H34O4/c1-13(11-20(26)27-4)16-7-8-17-15-6-5-14-12-19(25)21-22(28-21)24(14,3)18(15)9-10-23(16,17)2/h5-6,13,16-19,21-22,25H,7-12H2,1-4H3/t13-,16-,17+,18?,19-,21+,22+,23-,24+/m1/s1. The average molecular weight is 387 g/mol. The molecule has 0 spiro atoms. The third-order valence-corrected chi connectivity index (χ3v) is 9.41. The van der Waals surface area contributed by atoms with E-state index in [1.165, 1.54) is 38.4 Å². The Morgan fingerprint density at radius 2 is 2.07 bits per heavy atom. The maximum atomic E-state index is 11.9. The number of allylic oxidation sites excluding steroid dienone is 3. The van der Waals surface area contributed by atoms with Crippen molar-refractivity contribution in [3.05, 3.63) is 23.3 Å². The number of esters is 1. The summed E-state index contributed by atoms with van der Waals surface area (Å²) in [6.45, 7) is 7.10. The van der Waals surface area contributed by atoms with E-state index in [0.717, 1.165) is 6.42 Å². The van der Waals surface area contributed by atoms with Gasteiger partial charge in [0.2, 0.25) is 0 Å². The molecule has 4 nitrogen and oxygen atoms in total. The van der Waals surface area contributed by atoms with Gasteiger partial charge in [0.1, 0.15) is 6.10 Å². The molecule has 154 valence electrons. The molecule has 0 aromatic rings. The summed E-state index contributed by atoms with van der Waals surface area (Å²) < 4.78 is 10.9. The number of hydrogen-bond acceptors (Lipinski definition) is 4. The van der Waals surface area contributed by atoms with Gasteiger partial charge in [0.15, 0.2) is 0 Å². The van der Waals surface area contributed by atoms with E-state index < -0.39 is 0 Å². The number of rotatable bonds is 3. The Balaban J connectivity index is 1.44. The second kappa shape index (κ2) is 6.18. The fourth-order valence-corrected chi connectivity index (χ4v) is 7.85. The summed E-state index contributed by atoms with van der Waals surface area (Å²) >= 11 is 0. The Hall–Kier alpha value is -1.13. The Bertz CT molecular complexity index is 754. The fraction of sp³-hybridized carbons (Fsp3) is 0.792. The maximum Gasteiger partial charge on any atom is 0.305 e. The molecular weight excluding hydrogens is 352 g/mol. The van der Waals surface area contributed by atoms with Gasteiger partial charge in [0, 0.05) is 11.8 Å². The van der Waals surface area contributed by atoms with E-state index in [1.807, 2.05) is 0 Å². The number of epoxide rings is 1. The van der Waals surface area contributed by atoms with Gasteiger partial charge in [-0.05, 0) is 61.2 Å². The number of aliphatic hydroxyl groups excluding tert-OH is 1. The Morgan fingerprint density at radius 1 is 1.29 bits per heavy atom. The molecule has 3 saturated carbocycles. The number of carbonyl (C=O) groups is 1. The molecule has 1 saturated heterocycles. The highest BCUT2D eigenvalue weighted by Gasteiger charge is 2.66. The average Bonchev–Trinajstić information content (AvgIpc) is 3.40. The van der Waals surface area contributed by atoms with Gasteiger partial charge in [0.05, 0.1) is 19.3 Å². The second-order valence-corrected chi connectivity index (χ2v) is 10.5. The largest absolute Gasteiger partial charge is 0.469 e. The van der Waals surface area contributed by atoms with Crippen LogP contribution in [0.4, 0.5) is 0 Å². The summed E-state index contributed by atoms with van der Waals surface area (Å²) in [4.78, 5) is 11.9. The van der Waals surface area contributed by atoms with Gasteiger partial charge in [-0.3, -0.25) is 4.79 Å². The first-order chi connectivity index (χ1) is 13.3. The highest BCUT2D eigenvalue weighted by molar-refractivity contribution is 5.69. The first kappa shape index (κ1) is 18.9. The van der Waals surface area contributed by atoms with Crippen LogP contribution in [0.25, 0.3) is 0 Å². The van der Waals surface area contributed by atoms with Crippen molar-refractivity contribution in [1.29, 1.82) is 0 Å². The number of hydrogen-bond donors (Lipinski definition) is 1. The van der Waals surface area contributed by atoms with Crippen LogP contribution >= 0.6 is 0 Å². The molecule has 4 heteroatoms. The summed E-state index contributed by atoms with van der Waals surface area (Å²) in [6.07, 6.45) is 10.8. The number of carbonyl (C=O) groups excluding carboxylic acids is 1. The van der Waals surface area contributed by atoms with Crippen LogP contribution in [0.1, 0.15) is 59.3 Å². The summed E-state index contributed by atoms with van der Waals surface area (Å²) in [5, 5.41) is 10.3. The van der Waals surface area contributed by atoms with Crippen LogP contribution in [0.2, 0.25) is 0 Å². The molecule has 0 radical (unpaired) electrons. The van der Waals surface area contributed by atoms with Crippen LogP contribution in [0, 0.1) is 34.5 Å². The molecule has 5 aliphatic rings. The lowest BCUT2D eigenvalue weighted by Gasteiger charge is -2.54. The topological polar surface area (TPSA) is 59.1 Å². The number of methoxy groups -OCH3 is 1. The van der Waals surface area contributed by atoms with E-state index in [-0.39, 0.29) is 35.1 Å². The number of fused-ring (bicyclic) bond motifs is 7. The highest BCUT2D eigenvalue weighted by Crippen LogP contribution is 2.68. The fourth-order valence-electron chi connectivity index (χ4n) is 7.85. The van der Waals surface area contributed by atoms with Crippen LogP contribution in [-0.4, -0.2) is 36.5 Å². The molecule has 0 bridgehead atoms. The summed E-state index contributed by atoms with van der Waals surface area (Å²) in [5.74, 6) is 2.02. The molecule has 9 atom stereocenters. The molecule has 4 fully saturated rings. The monoisotopic (exact) mass is 386 g/mol. The van der Waals surface area contributed by atoms with Crippen molar-refractivity contribution in [2.24, 2.45) is 34.5 Å². The molecule has 1 unspecified atom stereocenters. The minimum Gasteiger partial charge on any atom is -0.469 e. The minimum absolute atomic E-state index is 0.0474. The third kappa shape index (κ3) is 2.40. The Labute approximate surface area is 168 Å².